The number of carboxylic acid groups (broad SMARTS) is 1. The second-order valence-electron chi connectivity index (χ2n) is 7.18. The van der Waals surface area contributed by atoms with Gasteiger partial charge in [-0.05, 0) is 43.9 Å². The van der Waals surface area contributed by atoms with Crippen LogP contribution in [0.3, 0.4) is 0 Å². The van der Waals surface area contributed by atoms with Gasteiger partial charge in [-0.2, -0.15) is 0 Å². The number of hydrogen-bond acceptors (Lipinski definition) is 6. The number of rotatable bonds is 10. The molecule has 1 aromatic carbocycles. The highest BCUT2D eigenvalue weighted by atomic mass is 32.2. The summed E-state index contributed by atoms with van der Waals surface area (Å²) in [6.07, 6.45) is 1.60. The van der Waals surface area contributed by atoms with Gasteiger partial charge in [-0.1, -0.05) is 19.9 Å². The van der Waals surface area contributed by atoms with Crippen molar-refractivity contribution in [3.63, 3.8) is 0 Å². The molecule has 1 aromatic rings. The molecule has 30 heavy (non-hydrogen) atoms. The van der Waals surface area contributed by atoms with Crippen molar-refractivity contribution >= 4 is 21.9 Å². The highest BCUT2D eigenvalue weighted by Crippen LogP contribution is 2.30. The van der Waals surface area contributed by atoms with Gasteiger partial charge in [0.25, 0.3) is 0 Å². The molecule has 1 amide bonds. The van der Waals surface area contributed by atoms with Crippen molar-refractivity contribution in [3.8, 4) is 11.5 Å². The first-order valence-electron chi connectivity index (χ1n) is 9.58. The normalized spacial score (nSPS) is 12.9. The molecule has 0 aromatic heterocycles. The molecule has 0 bridgehead atoms. The fraction of sp³-hybridized carbons (Fsp3) is 0.600. The summed E-state index contributed by atoms with van der Waals surface area (Å²) in [5.74, 6) is 0.228. The largest absolute Gasteiger partial charge is 0.493 e. The molecule has 0 aliphatic carbocycles. The lowest BCUT2D eigenvalue weighted by atomic mass is 10.0. The molecule has 0 saturated heterocycles. The van der Waals surface area contributed by atoms with E-state index in [1.54, 1.807) is 26.2 Å². The lowest BCUT2D eigenvalue weighted by Gasteiger charge is -2.15. The number of methoxy groups -OCH3 is 1. The molecule has 1 rings (SSSR count). The number of carboxylic acids is 1. The van der Waals surface area contributed by atoms with Gasteiger partial charge in [0.1, 0.15) is 6.04 Å². The van der Waals surface area contributed by atoms with Crippen LogP contribution in [-0.2, 0) is 19.6 Å². The summed E-state index contributed by atoms with van der Waals surface area (Å²) >= 11 is 0. The van der Waals surface area contributed by atoms with Crippen LogP contribution >= 0.6 is 0 Å². The molecule has 0 radical (unpaired) electrons. The van der Waals surface area contributed by atoms with E-state index in [9.17, 15) is 18.0 Å². The van der Waals surface area contributed by atoms with E-state index in [0.717, 1.165) is 11.8 Å². The number of hydrogen-bond donors (Lipinski definition) is 3. The number of carbonyl (C=O) groups is 2. The Bertz CT molecular complexity index is 794. The standard InChI is InChI=1S/C12H19NO4S.C8H15NO3/c1-5-17-12-8-10(6-7-11(12)16-3)9(2)13-18(4,14)15;1-5(2)4-7(8(11)12)9-6(3)10/h6-9,13H,5H2,1-4H3;5,7H,4H2,1-3H3,(H,9,10)(H,11,12)/t9-;7-/m00/s1. The molecular weight excluding hydrogens is 412 g/mol. The molecule has 0 spiro atoms. The van der Waals surface area contributed by atoms with E-state index >= 15 is 0 Å². The van der Waals surface area contributed by atoms with Gasteiger partial charge in [0.15, 0.2) is 11.5 Å². The van der Waals surface area contributed by atoms with Crippen LogP contribution in [0.5, 0.6) is 11.5 Å². The number of sulfonamides is 1. The molecule has 172 valence electrons. The van der Waals surface area contributed by atoms with Crippen LogP contribution in [0.2, 0.25) is 0 Å². The molecule has 0 fully saturated rings. The van der Waals surface area contributed by atoms with Crippen LogP contribution in [0.25, 0.3) is 0 Å². The molecule has 0 heterocycles. The van der Waals surface area contributed by atoms with Gasteiger partial charge >= 0.3 is 5.97 Å². The number of carbonyl (C=O) groups excluding carboxylic acids is 1. The molecule has 2 atom stereocenters. The van der Waals surface area contributed by atoms with Crippen molar-refractivity contribution in [1.82, 2.24) is 10.0 Å². The molecule has 9 nitrogen and oxygen atoms in total. The van der Waals surface area contributed by atoms with E-state index in [2.05, 4.69) is 10.0 Å². The SMILES string of the molecule is CC(=O)N[C@@H](CC(C)C)C(=O)O.CCOc1cc([C@H](C)NS(C)(=O)=O)ccc1OC. The van der Waals surface area contributed by atoms with Crippen LogP contribution < -0.4 is 19.5 Å². The highest BCUT2D eigenvalue weighted by molar-refractivity contribution is 7.88. The third kappa shape index (κ3) is 11.6. The van der Waals surface area contributed by atoms with Crippen molar-refractivity contribution in [2.24, 2.45) is 5.92 Å². The van der Waals surface area contributed by atoms with Crippen molar-refractivity contribution < 1.29 is 32.6 Å². The van der Waals surface area contributed by atoms with Gasteiger partial charge in [-0.25, -0.2) is 17.9 Å². The van der Waals surface area contributed by atoms with E-state index in [4.69, 9.17) is 14.6 Å². The summed E-state index contributed by atoms with van der Waals surface area (Å²) in [7, 11) is -1.67. The summed E-state index contributed by atoms with van der Waals surface area (Å²) in [5, 5.41) is 11.0. The first-order chi connectivity index (χ1) is 13.8. The Balaban J connectivity index is 0.000000612. The van der Waals surface area contributed by atoms with Crippen molar-refractivity contribution in [2.45, 2.75) is 53.1 Å². The monoisotopic (exact) mass is 446 g/mol. The zero-order valence-corrected chi connectivity index (χ0v) is 19.5. The van der Waals surface area contributed by atoms with E-state index < -0.39 is 22.0 Å². The lowest BCUT2D eigenvalue weighted by Crippen LogP contribution is -2.40. The summed E-state index contributed by atoms with van der Waals surface area (Å²) in [6.45, 7) is 9.32. The molecule has 0 saturated carbocycles. The zero-order valence-electron chi connectivity index (χ0n) is 18.7. The maximum Gasteiger partial charge on any atom is 0.326 e. The molecule has 0 aliphatic rings. The van der Waals surface area contributed by atoms with Crippen molar-refractivity contribution in [3.05, 3.63) is 23.8 Å². The number of aliphatic carboxylic acids is 1. The third-order valence-electron chi connectivity index (χ3n) is 3.76. The van der Waals surface area contributed by atoms with Crippen LogP contribution in [0, 0.1) is 5.92 Å². The maximum absolute atomic E-state index is 11.2. The Morgan fingerprint density at radius 1 is 1.17 bits per heavy atom. The highest BCUT2D eigenvalue weighted by Gasteiger charge is 2.19. The molecule has 10 heteroatoms. The summed E-state index contributed by atoms with van der Waals surface area (Å²) < 4.78 is 35.5. The minimum Gasteiger partial charge on any atom is -0.493 e. The predicted octanol–water partition coefficient (Wildman–Crippen LogP) is 2.33. The average Bonchev–Trinajstić information content (AvgIpc) is 2.59. The Morgan fingerprint density at radius 3 is 2.17 bits per heavy atom. The first kappa shape index (κ1) is 27.7. The van der Waals surface area contributed by atoms with Crippen LogP contribution in [0.1, 0.15) is 52.6 Å². The van der Waals surface area contributed by atoms with Gasteiger partial charge in [-0.3, -0.25) is 4.79 Å². The van der Waals surface area contributed by atoms with Crippen LogP contribution in [-0.4, -0.2) is 51.4 Å². The number of amides is 1. The second-order valence-corrected chi connectivity index (χ2v) is 8.96. The lowest BCUT2D eigenvalue weighted by molar-refractivity contribution is -0.142. The third-order valence-corrected chi connectivity index (χ3v) is 4.54. The van der Waals surface area contributed by atoms with Gasteiger partial charge in [-0.15, -0.1) is 0 Å². The Labute approximate surface area is 179 Å². The van der Waals surface area contributed by atoms with E-state index in [0.29, 0.717) is 24.5 Å². The van der Waals surface area contributed by atoms with Gasteiger partial charge < -0.3 is 19.9 Å². The minimum absolute atomic E-state index is 0.262. The molecule has 0 unspecified atom stereocenters. The average molecular weight is 447 g/mol. The Morgan fingerprint density at radius 2 is 1.77 bits per heavy atom. The Hall–Kier alpha value is -2.33. The van der Waals surface area contributed by atoms with Crippen molar-refractivity contribution in [2.75, 3.05) is 20.0 Å². The quantitative estimate of drug-likeness (QED) is 0.503. The van der Waals surface area contributed by atoms with Gasteiger partial charge in [0.2, 0.25) is 15.9 Å². The number of benzene rings is 1. The summed E-state index contributed by atoms with van der Waals surface area (Å²) in [5.41, 5.74) is 0.824. The number of nitrogens with one attached hydrogen (secondary N) is 2. The maximum atomic E-state index is 11.2. The second kappa shape index (κ2) is 13.1. The minimum atomic E-state index is -3.23. The van der Waals surface area contributed by atoms with Gasteiger partial charge in [0.05, 0.1) is 20.0 Å². The van der Waals surface area contributed by atoms with Gasteiger partial charge in [0, 0.05) is 13.0 Å². The fourth-order valence-corrected chi connectivity index (χ4v) is 3.34. The topological polar surface area (TPSA) is 131 Å². The smallest absolute Gasteiger partial charge is 0.326 e. The molecule has 0 aliphatic heterocycles. The zero-order chi connectivity index (χ0) is 23.5. The van der Waals surface area contributed by atoms with E-state index in [1.807, 2.05) is 26.8 Å². The number of ether oxygens (including phenoxy) is 2. The van der Waals surface area contributed by atoms with Crippen molar-refractivity contribution in [1.29, 1.82) is 0 Å². The van der Waals surface area contributed by atoms with E-state index in [1.165, 1.54) is 6.92 Å². The first-order valence-corrected chi connectivity index (χ1v) is 11.5. The predicted molar refractivity (Wildman–Crippen MR) is 115 cm³/mol. The van der Waals surface area contributed by atoms with Crippen LogP contribution in [0.4, 0.5) is 0 Å². The van der Waals surface area contributed by atoms with Crippen LogP contribution in [0.15, 0.2) is 18.2 Å². The van der Waals surface area contributed by atoms with E-state index in [-0.39, 0.29) is 17.9 Å². The Kier molecular flexibility index (Phi) is 12.1. The fourth-order valence-electron chi connectivity index (χ4n) is 2.56. The molecule has 3 N–H and O–H groups in total. The summed E-state index contributed by atoms with van der Waals surface area (Å²) in [4.78, 5) is 21.1. The summed E-state index contributed by atoms with van der Waals surface area (Å²) in [6, 6.07) is 4.29. The molecular formula is C20H34N2O7S.